The predicted molar refractivity (Wildman–Crippen MR) is 72.9 cm³/mol. The zero-order valence-corrected chi connectivity index (χ0v) is 11.2. The van der Waals surface area contributed by atoms with Gasteiger partial charge in [-0.15, -0.1) is 0 Å². The number of amides is 1. The minimum absolute atomic E-state index is 0.211. The number of benzene rings is 1. The molecule has 1 aromatic rings. The molecule has 1 amide bonds. The molecule has 3 N–H and O–H groups in total. The van der Waals surface area contributed by atoms with E-state index in [-0.39, 0.29) is 11.9 Å². The minimum Gasteiger partial charge on any atom is -0.359 e. The molecule has 0 saturated heterocycles. The predicted octanol–water partition coefficient (Wildman–Crippen LogP) is 1.86. The standard InChI is InChI=1S/C11H14ClN3OS/c1-7(2)13-11(17)15-14-10(16)8-3-5-9(12)6-4-8/h3-7H,1-2H3,(H,14,16)(H2,13,15,17). The smallest absolute Gasteiger partial charge is 0.269 e. The number of halogens is 1. The van der Waals surface area contributed by atoms with Gasteiger partial charge in [-0.25, -0.2) is 0 Å². The Morgan fingerprint density at radius 3 is 2.35 bits per heavy atom. The first-order valence-electron chi connectivity index (χ1n) is 5.11. The molecule has 0 radical (unpaired) electrons. The van der Waals surface area contributed by atoms with Gasteiger partial charge in [-0.1, -0.05) is 11.6 Å². The maximum absolute atomic E-state index is 11.6. The van der Waals surface area contributed by atoms with Gasteiger partial charge in [-0.05, 0) is 50.3 Å². The maximum Gasteiger partial charge on any atom is 0.269 e. The summed E-state index contributed by atoms with van der Waals surface area (Å²) in [6, 6.07) is 6.79. The highest BCUT2D eigenvalue weighted by molar-refractivity contribution is 7.80. The van der Waals surface area contributed by atoms with Crippen LogP contribution in [0.2, 0.25) is 5.02 Å². The molecule has 4 nitrogen and oxygen atoms in total. The van der Waals surface area contributed by atoms with Crippen LogP contribution in [0.3, 0.4) is 0 Å². The number of thiocarbonyl (C=S) groups is 1. The molecule has 0 aliphatic carbocycles. The third-order valence-electron chi connectivity index (χ3n) is 1.82. The summed E-state index contributed by atoms with van der Waals surface area (Å²) in [4.78, 5) is 11.6. The van der Waals surface area contributed by atoms with Gasteiger partial charge in [0, 0.05) is 16.6 Å². The van der Waals surface area contributed by atoms with Crippen molar-refractivity contribution in [3.63, 3.8) is 0 Å². The highest BCUT2D eigenvalue weighted by atomic mass is 35.5. The highest BCUT2D eigenvalue weighted by Gasteiger charge is 2.05. The first-order chi connectivity index (χ1) is 7.99. The van der Waals surface area contributed by atoms with Crippen LogP contribution < -0.4 is 16.2 Å². The van der Waals surface area contributed by atoms with E-state index in [1.165, 1.54) is 0 Å². The molecule has 0 aliphatic heterocycles. The van der Waals surface area contributed by atoms with E-state index in [9.17, 15) is 4.79 Å². The fourth-order valence-electron chi connectivity index (χ4n) is 1.09. The molecule has 0 saturated carbocycles. The molecule has 0 bridgehead atoms. The number of hydrazine groups is 1. The third-order valence-corrected chi connectivity index (χ3v) is 2.29. The van der Waals surface area contributed by atoms with Crippen LogP contribution >= 0.6 is 23.8 Å². The van der Waals surface area contributed by atoms with Crippen molar-refractivity contribution >= 4 is 34.8 Å². The summed E-state index contributed by atoms with van der Waals surface area (Å²) in [6.07, 6.45) is 0. The van der Waals surface area contributed by atoms with Crippen molar-refractivity contribution in [2.45, 2.75) is 19.9 Å². The molecule has 0 heterocycles. The Labute approximate surface area is 111 Å². The fourth-order valence-corrected chi connectivity index (χ4v) is 1.50. The monoisotopic (exact) mass is 271 g/mol. The molecule has 17 heavy (non-hydrogen) atoms. The Kier molecular flexibility index (Phi) is 5.18. The molecule has 0 atom stereocenters. The number of hydrogen-bond acceptors (Lipinski definition) is 2. The van der Waals surface area contributed by atoms with E-state index in [0.29, 0.717) is 15.7 Å². The summed E-state index contributed by atoms with van der Waals surface area (Å²) in [5.41, 5.74) is 5.61. The van der Waals surface area contributed by atoms with E-state index in [0.717, 1.165) is 0 Å². The van der Waals surface area contributed by atoms with Crippen LogP contribution in [0.15, 0.2) is 24.3 Å². The lowest BCUT2D eigenvalue weighted by Gasteiger charge is -2.13. The van der Waals surface area contributed by atoms with Crippen molar-refractivity contribution in [3.8, 4) is 0 Å². The number of carbonyl (C=O) groups excluding carboxylic acids is 1. The van der Waals surface area contributed by atoms with Crippen molar-refractivity contribution in [2.24, 2.45) is 0 Å². The number of carbonyl (C=O) groups is 1. The summed E-state index contributed by atoms with van der Waals surface area (Å²) in [5, 5.41) is 3.91. The Balaban J connectivity index is 2.45. The fraction of sp³-hybridized carbons (Fsp3) is 0.273. The van der Waals surface area contributed by atoms with E-state index in [1.54, 1.807) is 24.3 Å². The van der Waals surface area contributed by atoms with Crippen molar-refractivity contribution < 1.29 is 4.79 Å². The number of hydrogen-bond donors (Lipinski definition) is 3. The molecule has 0 aliphatic rings. The van der Waals surface area contributed by atoms with Crippen LogP contribution in [0.1, 0.15) is 24.2 Å². The summed E-state index contributed by atoms with van der Waals surface area (Å²) < 4.78 is 0. The third kappa shape index (κ3) is 5.01. The molecule has 0 unspecified atom stereocenters. The quantitative estimate of drug-likeness (QED) is 0.568. The van der Waals surface area contributed by atoms with Crippen LogP contribution in [0.4, 0.5) is 0 Å². The number of rotatable bonds is 2. The first kappa shape index (κ1) is 13.7. The van der Waals surface area contributed by atoms with E-state index < -0.39 is 0 Å². The van der Waals surface area contributed by atoms with Crippen LogP contribution in [0, 0.1) is 0 Å². The molecule has 0 aromatic heterocycles. The van der Waals surface area contributed by atoms with Crippen molar-refractivity contribution in [1.82, 2.24) is 16.2 Å². The topological polar surface area (TPSA) is 53.2 Å². The lowest BCUT2D eigenvalue weighted by Crippen LogP contribution is -2.48. The van der Waals surface area contributed by atoms with Gasteiger partial charge in [0.2, 0.25) is 0 Å². The Bertz CT molecular complexity index is 406. The normalized spacial score (nSPS) is 9.88. The van der Waals surface area contributed by atoms with Crippen LogP contribution in [0.25, 0.3) is 0 Å². The molecular formula is C11H14ClN3OS. The van der Waals surface area contributed by atoms with Crippen molar-refractivity contribution in [2.75, 3.05) is 0 Å². The van der Waals surface area contributed by atoms with E-state index in [4.69, 9.17) is 23.8 Å². The molecular weight excluding hydrogens is 258 g/mol. The Hall–Kier alpha value is -1.33. The second-order valence-corrected chi connectivity index (χ2v) is 4.56. The average molecular weight is 272 g/mol. The van der Waals surface area contributed by atoms with Crippen LogP contribution in [-0.4, -0.2) is 17.1 Å². The van der Waals surface area contributed by atoms with Gasteiger partial charge in [0.15, 0.2) is 5.11 Å². The minimum atomic E-state index is -0.269. The van der Waals surface area contributed by atoms with Gasteiger partial charge in [0.1, 0.15) is 0 Å². The Morgan fingerprint density at radius 2 is 1.82 bits per heavy atom. The maximum atomic E-state index is 11.6. The highest BCUT2D eigenvalue weighted by Crippen LogP contribution is 2.08. The van der Waals surface area contributed by atoms with Gasteiger partial charge >= 0.3 is 0 Å². The lowest BCUT2D eigenvalue weighted by molar-refractivity contribution is 0.0943. The first-order valence-corrected chi connectivity index (χ1v) is 5.90. The van der Waals surface area contributed by atoms with E-state index >= 15 is 0 Å². The van der Waals surface area contributed by atoms with E-state index in [2.05, 4.69) is 16.2 Å². The summed E-state index contributed by atoms with van der Waals surface area (Å²) >= 11 is 10.7. The van der Waals surface area contributed by atoms with Crippen molar-refractivity contribution in [1.29, 1.82) is 0 Å². The second kappa shape index (κ2) is 6.42. The zero-order chi connectivity index (χ0) is 12.8. The average Bonchev–Trinajstić information content (AvgIpc) is 2.26. The van der Waals surface area contributed by atoms with Crippen LogP contribution in [-0.2, 0) is 0 Å². The molecule has 1 aromatic carbocycles. The van der Waals surface area contributed by atoms with Gasteiger partial charge in [-0.3, -0.25) is 15.6 Å². The second-order valence-electron chi connectivity index (χ2n) is 3.71. The SMILES string of the molecule is CC(C)NC(=S)NNC(=O)c1ccc(Cl)cc1. The molecule has 0 spiro atoms. The lowest BCUT2D eigenvalue weighted by atomic mass is 10.2. The summed E-state index contributed by atoms with van der Waals surface area (Å²) in [6.45, 7) is 3.91. The molecule has 0 fully saturated rings. The van der Waals surface area contributed by atoms with Crippen LogP contribution in [0.5, 0.6) is 0 Å². The van der Waals surface area contributed by atoms with Gasteiger partial charge in [0.25, 0.3) is 5.91 Å². The zero-order valence-electron chi connectivity index (χ0n) is 9.58. The van der Waals surface area contributed by atoms with Gasteiger partial charge in [0.05, 0.1) is 0 Å². The van der Waals surface area contributed by atoms with Crippen molar-refractivity contribution in [3.05, 3.63) is 34.9 Å². The number of nitrogens with one attached hydrogen (secondary N) is 3. The molecule has 1 rings (SSSR count). The van der Waals surface area contributed by atoms with Gasteiger partial charge in [-0.2, -0.15) is 0 Å². The van der Waals surface area contributed by atoms with Gasteiger partial charge < -0.3 is 5.32 Å². The molecule has 92 valence electrons. The Morgan fingerprint density at radius 1 is 1.24 bits per heavy atom. The summed E-state index contributed by atoms with van der Waals surface area (Å²) in [7, 11) is 0. The summed E-state index contributed by atoms with van der Waals surface area (Å²) in [5.74, 6) is -0.269. The largest absolute Gasteiger partial charge is 0.359 e. The molecule has 6 heteroatoms. The van der Waals surface area contributed by atoms with E-state index in [1.807, 2.05) is 13.8 Å².